The first-order chi connectivity index (χ1) is 9.91. The molecule has 1 heterocycles. The minimum atomic E-state index is -2.37. The lowest BCUT2D eigenvalue weighted by Crippen LogP contribution is -2.18. The maximum atomic E-state index is 12.4. The number of hydrogen-bond donors (Lipinski definition) is 1. The number of para-hydroxylation sites is 1. The number of allylic oxidation sites excluding steroid dienone is 3. The van der Waals surface area contributed by atoms with E-state index in [1.807, 2.05) is 30.3 Å². The van der Waals surface area contributed by atoms with Gasteiger partial charge in [-0.25, -0.2) is 4.99 Å². The predicted octanol–water partition coefficient (Wildman–Crippen LogP) is 4.57. The van der Waals surface area contributed by atoms with Crippen LogP contribution in [0.1, 0.15) is 19.8 Å². The summed E-state index contributed by atoms with van der Waals surface area (Å²) >= 11 is 6.29. The summed E-state index contributed by atoms with van der Waals surface area (Å²) in [5, 5.41) is 4.64. The van der Waals surface area contributed by atoms with E-state index in [1.165, 1.54) is 0 Å². The Morgan fingerprint density at radius 3 is 2.67 bits per heavy atom. The van der Waals surface area contributed by atoms with Crippen molar-refractivity contribution in [3.63, 3.8) is 0 Å². The van der Waals surface area contributed by atoms with Crippen molar-refractivity contribution in [2.24, 2.45) is 4.99 Å². The lowest BCUT2D eigenvalue weighted by molar-refractivity contribution is 0.588. The molecule has 0 spiro atoms. The molecule has 0 aromatic heterocycles. The molecule has 112 valence electrons. The fourth-order valence-corrected chi connectivity index (χ4v) is 3.46. The Bertz CT molecular complexity index is 671. The first kappa shape index (κ1) is 16.1. The van der Waals surface area contributed by atoms with Gasteiger partial charge in [0.25, 0.3) is 0 Å². The number of aliphatic imine (C=N–C) groups is 1. The second-order valence-electron chi connectivity index (χ2n) is 5.29. The van der Waals surface area contributed by atoms with Crippen LogP contribution in [0.2, 0.25) is 0 Å². The molecule has 0 fully saturated rings. The van der Waals surface area contributed by atoms with E-state index in [1.54, 1.807) is 13.3 Å². The molecule has 21 heavy (non-hydrogen) atoms. The highest BCUT2D eigenvalue weighted by Crippen LogP contribution is 2.37. The molecule has 5 heteroatoms. The zero-order valence-electron chi connectivity index (χ0n) is 12.6. The number of hydrogen-bond acceptors (Lipinski definition) is 3. The van der Waals surface area contributed by atoms with E-state index in [4.69, 9.17) is 11.6 Å². The first-order valence-corrected chi connectivity index (χ1v) is 9.95. The summed E-state index contributed by atoms with van der Waals surface area (Å²) in [5.41, 5.74) is 1.80. The molecule has 1 aromatic carbocycles. The zero-order chi connectivity index (χ0) is 15.5. The van der Waals surface area contributed by atoms with Gasteiger partial charge < -0.3 is 9.88 Å². The molecule has 1 aromatic rings. The van der Waals surface area contributed by atoms with E-state index in [-0.39, 0.29) is 0 Å². The van der Waals surface area contributed by atoms with Crippen molar-refractivity contribution >= 4 is 35.6 Å². The van der Waals surface area contributed by atoms with E-state index in [2.05, 4.69) is 23.3 Å². The number of benzene rings is 1. The summed E-state index contributed by atoms with van der Waals surface area (Å²) in [6, 6.07) is 7.59. The van der Waals surface area contributed by atoms with E-state index in [9.17, 15) is 4.57 Å². The summed E-state index contributed by atoms with van der Waals surface area (Å²) in [5.74, 6) is 0.614. The molecule has 0 bridgehead atoms. The first-order valence-electron chi connectivity index (χ1n) is 6.97. The highest BCUT2D eigenvalue weighted by atomic mass is 35.5. The molecule has 2 rings (SSSR count). The number of nitrogens with one attached hydrogen (secondary N) is 1. The van der Waals surface area contributed by atoms with Crippen molar-refractivity contribution in [2.45, 2.75) is 19.8 Å². The molecule has 0 aliphatic carbocycles. The van der Waals surface area contributed by atoms with Crippen LogP contribution in [0, 0.1) is 0 Å². The van der Waals surface area contributed by atoms with Gasteiger partial charge in [0.1, 0.15) is 13.0 Å². The Kier molecular flexibility index (Phi) is 5.08. The monoisotopic (exact) mass is 322 g/mol. The summed E-state index contributed by atoms with van der Waals surface area (Å²) in [7, 11) is -2.37. The quantitative estimate of drug-likeness (QED) is 0.828. The van der Waals surface area contributed by atoms with Crippen LogP contribution >= 0.6 is 18.7 Å². The van der Waals surface area contributed by atoms with Crippen molar-refractivity contribution in [3.8, 4) is 0 Å². The van der Waals surface area contributed by atoms with Crippen LogP contribution in [-0.2, 0) is 4.57 Å². The molecule has 0 unspecified atom stereocenters. The van der Waals surface area contributed by atoms with Gasteiger partial charge >= 0.3 is 0 Å². The van der Waals surface area contributed by atoms with Crippen molar-refractivity contribution in [1.82, 2.24) is 0 Å². The molecule has 0 radical (unpaired) electrons. The van der Waals surface area contributed by atoms with Gasteiger partial charge in [-0.05, 0) is 38.3 Å². The fraction of sp³-hybridized carbons (Fsp3) is 0.312. The van der Waals surface area contributed by atoms with Crippen molar-refractivity contribution in [2.75, 3.05) is 18.6 Å². The Morgan fingerprint density at radius 2 is 2.00 bits per heavy atom. The number of amidine groups is 1. The Morgan fingerprint density at radius 1 is 1.29 bits per heavy atom. The van der Waals surface area contributed by atoms with Gasteiger partial charge in [-0.3, -0.25) is 0 Å². The van der Waals surface area contributed by atoms with Crippen LogP contribution in [0.15, 0.2) is 52.1 Å². The lowest BCUT2D eigenvalue weighted by atomic mass is 10.3. The lowest BCUT2D eigenvalue weighted by Gasteiger charge is -2.16. The largest absolute Gasteiger partial charge is 0.338 e. The SMILES string of the molecule is CCC1=CCC=C(Cl)C(Nc2ccccc2P(C)(C)=O)=N1. The molecule has 1 aliphatic heterocycles. The molecule has 0 atom stereocenters. The van der Waals surface area contributed by atoms with Crippen molar-refractivity contribution in [3.05, 3.63) is 47.1 Å². The van der Waals surface area contributed by atoms with Crippen molar-refractivity contribution in [1.29, 1.82) is 0 Å². The maximum Gasteiger partial charge on any atom is 0.149 e. The zero-order valence-corrected chi connectivity index (χ0v) is 14.2. The number of rotatable bonds is 3. The molecule has 0 saturated carbocycles. The minimum absolute atomic E-state index is 0.589. The number of nitrogens with zero attached hydrogens (tertiary/aromatic N) is 1. The van der Waals surface area contributed by atoms with Gasteiger partial charge in [-0.2, -0.15) is 0 Å². The summed E-state index contributed by atoms with van der Waals surface area (Å²) in [4.78, 5) is 4.57. The van der Waals surface area contributed by atoms with Crippen molar-refractivity contribution < 1.29 is 4.57 Å². The van der Waals surface area contributed by atoms with Gasteiger partial charge in [-0.15, -0.1) is 0 Å². The third-order valence-corrected chi connectivity index (χ3v) is 5.12. The summed E-state index contributed by atoms with van der Waals surface area (Å²) in [6.45, 7) is 5.58. The highest BCUT2D eigenvalue weighted by molar-refractivity contribution is 7.70. The van der Waals surface area contributed by atoms with E-state index >= 15 is 0 Å². The maximum absolute atomic E-state index is 12.4. The number of anilines is 1. The fourth-order valence-electron chi connectivity index (χ4n) is 2.13. The van der Waals surface area contributed by atoms with Gasteiger partial charge in [0.15, 0.2) is 0 Å². The van der Waals surface area contributed by atoms with Gasteiger partial charge in [-0.1, -0.05) is 42.8 Å². The third-order valence-electron chi connectivity index (χ3n) is 3.23. The molecule has 1 N–H and O–H groups in total. The van der Waals surface area contributed by atoms with Crippen LogP contribution < -0.4 is 10.6 Å². The standard InChI is InChI=1S/C16H20ClN2OP/c1-4-12-8-7-9-13(17)16(18-12)19-14-10-5-6-11-15(14)21(2,3)20/h5-6,8-11H,4,7H2,1-3H3,(H,18,19). The molecule has 1 aliphatic rings. The van der Waals surface area contributed by atoms with Gasteiger partial charge in [0.2, 0.25) is 0 Å². The average Bonchev–Trinajstić information content (AvgIpc) is 2.61. The molecule has 0 amide bonds. The normalized spacial score (nSPS) is 15.7. The van der Waals surface area contributed by atoms with E-state index < -0.39 is 7.14 Å². The molecule has 3 nitrogen and oxygen atoms in total. The molecular formula is C16H20ClN2OP. The highest BCUT2D eigenvalue weighted by Gasteiger charge is 2.17. The molecular weight excluding hydrogens is 303 g/mol. The number of halogens is 1. The van der Waals surface area contributed by atoms with Gasteiger partial charge in [0.05, 0.1) is 10.7 Å². The van der Waals surface area contributed by atoms with Crippen LogP contribution in [0.4, 0.5) is 5.69 Å². The van der Waals surface area contributed by atoms with Crippen LogP contribution in [0.25, 0.3) is 0 Å². The predicted molar refractivity (Wildman–Crippen MR) is 93.5 cm³/mol. The Balaban J connectivity index is 2.40. The summed E-state index contributed by atoms with van der Waals surface area (Å²) < 4.78 is 12.4. The van der Waals surface area contributed by atoms with E-state index in [0.29, 0.717) is 10.9 Å². The Labute approximate surface area is 131 Å². The van der Waals surface area contributed by atoms with Crippen LogP contribution in [-0.4, -0.2) is 19.2 Å². The van der Waals surface area contributed by atoms with Gasteiger partial charge in [0, 0.05) is 11.0 Å². The second-order valence-corrected chi connectivity index (χ2v) is 8.88. The van der Waals surface area contributed by atoms with Crippen LogP contribution in [0.5, 0.6) is 0 Å². The van der Waals surface area contributed by atoms with Crippen LogP contribution in [0.3, 0.4) is 0 Å². The third kappa shape index (κ3) is 4.09. The average molecular weight is 323 g/mol. The molecule has 0 saturated heterocycles. The minimum Gasteiger partial charge on any atom is -0.338 e. The topological polar surface area (TPSA) is 41.5 Å². The Hall–Kier alpha value is -1.31. The van der Waals surface area contributed by atoms with E-state index in [0.717, 1.165) is 29.5 Å². The smallest absolute Gasteiger partial charge is 0.149 e. The summed E-state index contributed by atoms with van der Waals surface area (Å²) in [6.07, 6.45) is 5.62. The second kappa shape index (κ2) is 6.64.